The molecule has 0 aliphatic carbocycles. The lowest BCUT2D eigenvalue weighted by Crippen LogP contribution is -2.53. The van der Waals surface area contributed by atoms with Gasteiger partial charge in [0.2, 0.25) is 0 Å². The Hall–Kier alpha value is -0.360. The molecule has 0 aromatic carbocycles. The number of nitrogens with zero attached hydrogens (tertiary/aromatic N) is 1. The van der Waals surface area contributed by atoms with Gasteiger partial charge in [-0.15, -0.1) is 0 Å². The van der Waals surface area contributed by atoms with Gasteiger partial charge in [-0.25, -0.2) is 8.42 Å². The van der Waals surface area contributed by atoms with Gasteiger partial charge in [0.25, 0.3) is 0 Å². The Morgan fingerprint density at radius 3 is 2.80 bits per heavy atom. The molecule has 0 amide bonds. The number of thiocarbonyl (C=S) groups is 1. The molecule has 0 aromatic rings. The van der Waals surface area contributed by atoms with Crippen LogP contribution in [-0.4, -0.2) is 49.1 Å². The lowest BCUT2D eigenvalue weighted by Gasteiger charge is -2.35. The summed E-state index contributed by atoms with van der Waals surface area (Å²) in [7, 11) is -2.85. The first kappa shape index (κ1) is 12.7. The average molecular weight is 250 g/mol. The maximum absolute atomic E-state index is 11.4. The molecule has 0 spiro atoms. The summed E-state index contributed by atoms with van der Waals surface area (Å²) in [4.78, 5) is 1.96. The van der Waals surface area contributed by atoms with E-state index in [2.05, 4.69) is 12.2 Å². The van der Waals surface area contributed by atoms with Gasteiger partial charge in [0.05, 0.1) is 11.5 Å². The first-order valence-electron chi connectivity index (χ1n) is 5.21. The van der Waals surface area contributed by atoms with Crippen molar-refractivity contribution in [2.45, 2.75) is 26.3 Å². The second kappa shape index (κ2) is 5.12. The summed E-state index contributed by atoms with van der Waals surface area (Å²) in [5.41, 5.74) is 0. The fourth-order valence-corrected chi connectivity index (χ4v) is 3.56. The third kappa shape index (κ3) is 3.61. The van der Waals surface area contributed by atoms with Crippen LogP contribution in [0.3, 0.4) is 0 Å². The molecule has 1 aliphatic rings. The summed E-state index contributed by atoms with van der Waals surface area (Å²) in [5.74, 6) is 0.423. The van der Waals surface area contributed by atoms with Gasteiger partial charge in [-0.2, -0.15) is 0 Å². The first-order valence-corrected chi connectivity index (χ1v) is 7.44. The molecule has 1 unspecified atom stereocenters. The molecule has 0 bridgehead atoms. The van der Waals surface area contributed by atoms with E-state index in [0.29, 0.717) is 11.7 Å². The van der Waals surface area contributed by atoms with E-state index >= 15 is 0 Å². The van der Waals surface area contributed by atoms with Crippen molar-refractivity contribution in [3.63, 3.8) is 0 Å². The van der Waals surface area contributed by atoms with Crippen LogP contribution in [0, 0.1) is 0 Å². The van der Waals surface area contributed by atoms with Crippen LogP contribution in [0.5, 0.6) is 0 Å². The fourth-order valence-electron chi connectivity index (χ4n) is 1.63. The predicted octanol–water partition coefficient (Wildman–Crippen LogP) is 0.390. The number of sulfone groups is 1. The molecular weight excluding hydrogens is 232 g/mol. The molecule has 1 atom stereocenters. The summed E-state index contributed by atoms with van der Waals surface area (Å²) >= 11 is 5.21. The van der Waals surface area contributed by atoms with Crippen LogP contribution in [0.4, 0.5) is 0 Å². The first-order chi connectivity index (χ1) is 6.96. The molecule has 0 aromatic heterocycles. The third-order valence-electron chi connectivity index (χ3n) is 2.46. The van der Waals surface area contributed by atoms with Crippen LogP contribution in [-0.2, 0) is 9.84 Å². The van der Waals surface area contributed by atoms with Crippen molar-refractivity contribution >= 4 is 27.2 Å². The summed E-state index contributed by atoms with van der Waals surface area (Å²) in [6, 6.07) is -0.0133. The minimum atomic E-state index is -2.85. The molecule has 1 rings (SSSR count). The number of rotatable bonds is 2. The highest BCUT2D eigenvalue weighted by Gasteiger charge is 2.29. The van der Waals surface area contributed by atoms with Crippen LogP contribution in [0.25, 0.3) is 0 Å². The van der Waals surface area contributed by atoms with Crippen molar-refractivity contribution in [2.24, 2.45) is 0 Å². The molecule has 1 aliphatic heterocycles. The Kier molecular flexibility index (Phi) is 4.33. The van der Waals surface area contributed by atoms with Crippen molar-refractivity contribution in [3.8, 4) is 0 Å². The molecule has 0 radical (unpaired) electrons. The molecule has 4 nitrogen and oxygen atoms in total. The lowest BCUT2D eigenvalue weighted by atomic mass is 10.3. The highest BCUT2D eigenvalue weighted by Crippen LogP contribution is 2.11. The number of nitrogens with one attached hydrogen (secondary N) is 1. The predicted molar refractivity (Wildman–Crippen MR) is 65.7 cm³/mol. The van der Waals surface area contributed by atoms with Crippen molar-refractivity contribution in [1.29, 1.82) is 0 Å². The van der Waals surface area contributed by atoms with Gasteiger partial charge in [0.15, 0.2) is 14.9 Å². The van der Waals surface area contributed by atoms with E-state index in [4.69, 9.17) is 12.2 Å². The summed E-state index contributed by atoms with van der Waals surface area (Å²) in [6.07, 6.45) is 1.01. The lowest BCUT2D eigenvalue weighted by molar-refractivity contribution is 0.348. The minimum Gasteiger partial charge on any atom is -0.363 e. The molecule has 1 fully saturated rings. The zero-order chi connectivity index (χ0) is 11.5. The maximum Gasteiger partial charge on any atom is 0.169 e. The molecule has 6 heteroatoms. The van der Waals surface area contributed by atoms with Gasteiger partial charge < -0.3 is 10.2 Å². The summed E-state index contributed by atoms with van der Waals surface area (Å²) in [5, 5.41) is 3.80. The Morgan fingerprint density at radius 2 is 2.27 bits per heavy atom. The Balaban J connectivity index is 2.54. The van der Waals surface area contributed by atoms with Crippen molar-refractivity contribution < 1.29 is 8.42 Å². The van der Waals surface area contributed by atoms with Gasteiger partial charge >= 0.3 is 0 Å². The molecule has 0 saturated carbocycles. The van der Waals surface area contributed by atoms with Crippen LogP contribution in [0.15, 0.2) is 0 Å². The smallest absolute Gasteiger partial charge is 0.169 e. The average Bonchev–Trinajstić information content (AvgIpc) is 2.12. The van der Waals surface area contributed by atoms with Crippen LogP contribution < -0.4 is 5.32 Å². The standard InChI is InChI=1S/C9H18N2O2S2/c1-3-4-10-9(14)11-5-6-15(12,13)7-8(11)2/h8H,3-7H2,1-2H3,(H,10,14). The number of hydrogen-bond donors (Lipinski definition) is 1. The SMILES string of the molecule is CCCNC(=S)N1CCS(=O)(=O)CC1C. The van der Waals surface area contributed by atoms with Gasteiger partial charge in [0.1, 0.15) is 0 Å². The van der Waals surface area contributed by atoms with E-state index in [0.717, 1.165) is 13.0 Å². The normalized spacial score (nSPS) is 24.9. The summed E-state index contributed by atoms with van der Waals surface area (Å²) in [6.45, 7) is 5.32. The van der Waals surface area contributed by atoms with Crippen LogP contribution in [0.2, 0.25) is 0 Å². The van der Waals surface area contributed by atoms with Crippen LogP contribution >= 0.6 is 12.2 Å². The second-order valence-corrected chi connectivity index (χ2v) is 6.50. The van der Waals surface area contributed by atoms with E-state index in [1.807, 2.05) is 11.8 Å². The molecule has 88 valence electrons. The number of hydrogen-bond acceptors (Lipinski definition) is 3. The van der Waals surface area contributed by atoms with Crippen LogP contribution in [0.1, 0.15) is 20.3 Å². The van der Waals surface area contributed by atoms with E-state index in [9.17, 15) is 8.42 Å². The molecule has 15 heavy (non-hydrogen) atoms. The van der Waals surface area contributed by atoms with E-state index < -0.39 is 9.84 Å². The van der Waals surface area contributed by atoms with E-state index in [1.54, 1.807) is 0 Å². The third-order valence-corrected chi connectivity index (χ3v) is 4.63. The monoisotopic (exact) mass is 250 g/mol. The fraction of sp³-hybridized carbons (Fsp3) is 0.889. The Bertz CT molecular complexity index is 327. The quantitative estimate of drug-likeness (QED) is 0.719. The molecular formula is C9H18N2O2S2. The van der Waals surface area contributed by atoms with Crippen molar-refractivity contribution in [1.82, 2.24) is 10.2 Å². The Morgan fingerprint density at radius 1 is 1.60 bits per heavy atom. The highest BCUT2D eigenvalue weighted by molar-refractivity contribution is 7.91. The van der Waals surface area contributed by atoms with Crippen molar-refractivity contribution in [3.05, 3.63) is 0 Å². The Labute approximate surface area is 96.9 Å². The largest absolute Gasteiger partial charge is 0.363 e. The van der Waals surface area contributed by atoms with Crippen molar-refractivity contribution in [2.75, 3.05) is 24.6 Å². The van der Waals surface area contributed by atoms with Gasteiger partial charge in [-0.3, -0.25) is 0 Å². The molecule has 1 saturated heterocycles. The van der Waals surface area contributed by atoms with Gasteiger partial charge in [-0.05, 0) is 25.6 Å². The highest BCUT2D eigenvalue weighted by atomic mass is 32.2. The van der Waals surface area contributed by atoms with E-state index in [1.165, 1.54) is 0 Å². The zero-order valence-corrected chi connectivity index (χ0v) is 10.8. The van der Waals surface area contributed by atoms with E-state index in [-0.39, 0.29) is 17.5 Å². The maximum atomic E-state index is 11.4. The summed E-state index contributed by atoms with van der Waals surface area (Å²) < 4.78 is 22.7. The second-order valence-electron chi connectivity index (χ2n) is 3.89. The van der Waals surface area contributed by atoms with Gasteiger partial charge in [-0.1, -0.05) is 6.92 Å². The molecule has 1 heterocycles. The molecule has 1 N–H and O–H groups in total. The minimum absolute atomic E-state index is 0.0133. The van der Waals surface area contributed by atoms with Gasteiger partial charge in [0, 0.05) is 19.1 Å². The zero-order valence-electron chi connectivity index (χ0n) is 9.19. The topological polar surface area (TPSA) is 49.4 Å².